The van der Waals surface area contributed by atoms with E-state index in [0.29, 0.717) is 6.04 Å². The van der Waals surface area contributed by atoms with Gasteiger partial charge in [-0.05, 0) is 33.4 Å². The van der Waals surface area contributed by atoms with Gasteiger partial charge in [-0.3, -0.25) is 4.90 Å². The highest BCUT2D eigenvalue weighted by Crippen LogP contribution is 2.21. The molecular weight excluding hydrogens is 196 g/mol. The Balaban J connectivity index is 4.07. The van der Waals surface area contributed by atoms with Gasteiger partial charge >= 0.3 is 0 Å². The lowest BCUT2D eigenvalue weighted by molar-refractivity contribution is 0.102. The van der Waals surface area contributed by atoms with Crippen LogP contribution in [0, 0.1) is 0 Å². The van der Waals surface area contributed by atoms with Crippen LogP contribution in [0.1, 0.15) is 66.7 Å². The first kappa shape index (κ1) is 15.9. The minimum Gasteiger partial charge on any atom is -0.326 e. The van der Waals surface area contributed by atoms with Crippen LogP contribution in [-0.4, -0.2) is 29.6 Å². The van der Waals surface area contributed by atoms with E-state index in [0.717, 1.165) is 19.5 Å². The summed E-state index contributed by atoms with van der Waals surface area (Å²) in [5, 5.41) is 0. The molecule has 0 aliphatic heterocycles. The average Bonchev–Trinajstić information content (AvgIpc) is 2.25. The molecule has 16 heavy (non-hydrogen) atoms. The second kappa shape index (κ2) is 8.08. The van der Waals surface area contributed by atoms with Crippen LogP contribution in [-0.2, 0) is 0 Å². The van der Waals surface area contributed by atoms with Crippen molar-refractivity contribution >= 4 is 0 Å². The standard InChI is InChI=1S/C14H32N2/c1-6-9-10-11-12-13(15)14(4,5)16(7-2)8-3/h13H,6-12,15H2,1-5H3. The van der Waals surface area contributed by atoms with Crippen molar-refractivity contribution in [2.24, 2.45) is 5.73 Å². The van der Waals surface area contributed by atoms with E-state index < -0.39 is 0 Å². The summed E-state index contributed by atoms with van der Waals surface area (Å²) in [7, 11) is 0. The van der Waals surface area contributed by atoms with Gasteiger partial charge in [-0.15, -0.1) is 0 Å². The summed E-state index contributed by atoms with van der Waals surface area (Å²) in [4.78, 5) is 2.47. The number of nitrogens with two attached hydrogens (primary N) is 1. The predicted octanol–water partition coefficient (Wildman–Crippen LogP) is 3.40. The van der Waals surface area contributed by atoms with E-state index in [2.05, 4.69) is 39.5 Å². The molecule has 0 saturated carbocycles. The van der Waals surface area contributed by atoms with Gasteiger partial charge in [0, 0.05) is 11.6 Å². The number of hydrogen-bond donors (Lipinski definition) is 1. The van der Waals surface area contributed by atoms with Crippen LogP contribution < -0.4 is 5.73 Å². The third kappa shape index (κ3) is 4.84. The van der Waals surface area contributed by atoms with Gasteiger partial charge in [0.25, 0.3) is 0 Å². The SMILES string of the molecule is CCCCCCC(N)C(C)(C)N(CC)CC. The fraction of sp³-hybridized carbons (Fsp3) is 1.00. The van der Waals surface area contributed by atoms with Gasteiger partial charge in [-0.1, -0.05) is 46.5 Å². The van der Waals surface area contributed by atoms with E-state index in [4.69, 9.17) is 5.73 Å². The molecule has 0 heterocycles. The summed E-state index contributed by atoms with van der Waals surface area (Å²) in [5.41, 5.74) is 6.48. The van der Waals surface area contributed by atoms with Gasteiger partial charge in [-0.2, -0.15) is 0 Å². The normalized spacial score (nSPS) is 14.4. The molecule has 0 saturated heterocycles. The van der Waals surface area contributed by atoms with Crippen molar-refractivity contribution < 1.29 is 0 Å². The minimum absolute atomic E-state index is 0.135. The van der Waals surface area contributed by atoms with Crippen LogP contribution >= 0.6 is 0 Å². The van der Waals surface area contributed by atoms with E-state index in [1.165, 1.54) is 25.7 Å². The molecule has 0 aromatic heterocycles. The largest absolute Gasteiger partial charge is 0.326 e. The van der Waals surface area contributed by atoms with Crippen molar-refractivity contribution in [2.75, 3.05) is 13.1 Å². The van der Waals surface area contributed by atoms with Crippen LogP contribution in [0.15, 0.2) is 0 Å². The quantitative estimate of drug-likeness (QED) is 0.613. The van der Waals surface area contributed by atoms with Crippen molar-refractivity contribution in [3.8, 4) is 0 Å². The Bertz CT molecular complexity index is 162. The van der Waals surface area contributed by atoms with Crippen molar-refractivity contribution in [3.63, 3.8) is 0 Å². The van der Waals surface area contributed by atoms with Gasteiger partial charge in [-0.25, -0.2) is 0 Å². The van der Waals surface area contributed by atoms with Gasteiger partial charge in [0.2, 0.25) is 0 Å². The second-order valence-corrected chi connectivity index (χ2v) is 5.28. The molecule has 0 fully saturated rings. The molecule has 2 N–H and O–H groups in total. The number of unbranched alkanes of at least 4 members (excludes halogenated alkanes) is 3. The molecule has 0 radical (unpaired) electrons. The van der Waals surface area contributed by atoms with Gasteiger partial charge in [0.15, 0.2) is 0 Å². The van der Waals surface area contributed by atoms with Crippen LogP contribution in [0.2, 0.25) is 0 Å². The Morgan fingerprint density at radius 1 is 1.00 bits per heavy atom. The van der Waals surface area contributed by atoms with E-state index in [9.17, 15) is 0 Å². The summed E-state index contributed by atoms with van der Waals surface area (Å²) in [6.07, 6.45) is 6.41. The number of nitrogens with zero attached hydrogens (tertiary/aromatic N) is 1. The third-order valence-corrected chi connectivity index (χ3v) is 3.85. The molecule has 98 valence electrons. The minimum atomic E-state index is 0.135. The Kier molecular flexibility index (Phi) is 8.04. The van der Waals surface area contributed by atoms with Crippen molar-refractivity contribution in [1.29, 1.82) is 0 Å². The first-order valence-corrected chi connectivity index (χ1v) is 7.01. The zero-order chi connectivity index (χ0) is 12.6. The van der Waals surface area contributed by atoms with Crippen molar-refractivity contribution in [1.82, 2.24) is 4.90 Å². The topological polar surface area (TPSA) is 29.3 Å². The van der Waals surface area contributed by atoms with Gasteiger partial charge < -0.3 is 5.73 Å². The average molecular weight is 228 g/mol. The molecule has 0 aromatic carbocycles. The summed E-state index contributed by atoms with van der Waals surface area (Å²) >= 11 is 0. The molecule has 0 aromatic rings. The van der Waals surface area contributed by atoms with Gasteiger partial charge in [0.1, 0.15) is 0 Å². The summed E-state index contributed by atoms with van der Waals surface area (Å²) in [6, 6.07) is 0.296. The van der Waals surface area contributed by atoms with E-state index in [-0.39, 0.29) is 5.54 Å². The molecule has 0 bridgehead atoms. The fourth-order valence-electron chi connectivity index (χ4n) is 2.42. The maximum atomic E-state index is 6.34. The number of likely N-dealkylation sites (N-methyl/N-ethyl adjacent to an activating group) is 1. The molecular formula is C14H32N2. The Morgan fingerprint density at radius 3 is 2.00 bits per heavy atom. The summed E-state index contributed by atoms with van der Waals surface area (Å²) in [6.45, 7) is 13.4. The highest BCUT2D eigenvalue weighted by molar-refractivity contribution is 4.90. The highest BCUT2D eigenvalue weighted by atomic mass is 15.2. The highest BCUT2D eigenvalue weighted by Gasteiger charge is 2.30. The molecule has 2 nitrogen and oxygen atoms in total. The molecule has 1 unspecified atom stereocenters. The van der Waals surface area contributed by atoms with Crippen LogP contribution in [0.3, 0.4) is 0 Å². The first-order valence-electron chi connectivity index (χ1n) is 7.01. The van der Waals surface area contributed by atoms with Crippen LogP contribution in [0.4, 0.5) is 0 Å². The lowest BCUT2D eigenvalue weighted by Crippen LogP contribution is -2.55. The Morgan fingerprint density at radius 2 is 1.56 bits per heavy atom. The maximum absolute atomic E-state index is 6.34. The molecule has 0 amide bonds. The van der Waals surface area contributed by atoms with Crippen LogP contribution in [0.25, 0.3) is 0 Å². The molecule has 0 aliphatic carbocycles. The third-order valence-electron chi connectivity index (χ3n) is 3.85. The summed E-state index contributed by atoms with van der Waals surface area (Å²) < 4.78 is 0. The Labute approximate surface area is 103 Å². The van der Waals surface area contributed by atoms with Crippen molar-refractivity contribution in [2.45, 2.75) is 78.3 Å². The summed E-state index contributed by atoms with van der Waals surface area (Å²) in [5.74, 6) is 0. The van der Waals surface area contributed by atoms with Crippen LogP contribution in [0.5, 0.6) is 0 Å². The van der Waals surface area contributed by atoms with E-state index in [1.807, 2.05) is 0 Å². The smallest absolute Gasteiger partial charge is 0.0303 e. The van der Waals surface area contributed by atoms with Crippen molar-refractivity contribution in [3.05, 3.63) is 0 Å². The molecule has 2 heteroatoms. The second-order valence-electron chi connectivity index (χ2n) is 5.28. The Hall–Kier alpha value is -0.0800. The molecule has 0 spiro atoms. The van der Waals surface area contributed by atoms with E-state index >= 15 is 0 Å². The first-order chi connectivity index (χ1) is 7.50. The lowest BCUT2D eigenvalue weighted by atomic mass is 9.89. The fourth-order valence-corrected chi connectivity index (χ4v) is 2.42. The molecule has 1 atom stereocenters. The monoisotopic (exact) mass is 228 g/mol. The number of rotatable bonds is 9. The maximum Gasteiger partial charge on any atom is 0.0303 e. The lowest BCUT2D eigenvalue weighted by Gasteiger charge is -2.42. The van der Waals surface area contributed by atoms with Gasteiger partial charge in [0.05, 0.1) is 0 Å². The zero-order valence-electron chi connectivity index (χ0n) is 12.1. The molecule has 0 aliphatic rings. The zero-order valence-corrected chi connectivity index (χ0v) is 12.1. The molecule has 0 rings (SSSR count). The van der Waals surface area contributed by atoms with E-state index in [1.54, 1.807) is 0 Å². The number of hydrogen-bond acceptors (Lipinski definition) is 2. The predicted molar refractivity (Wildman–Crippen MR) is 73.7 cm³/mol.